The van der Waals surface area contributed by atoms with Crippen LogP contribution in [0.5, 0.6) is 0 Å². The van der Waals surface area contributed by atoms with E-state index in [-0.39, 0.29) is 6.04 Å². The summed E-state index contributed by atoms with van der Waals surface area (Å²) in [5.74, 6) is 0. The molecular formula is C16H20BrN3. The van der Waals surface area contributed by atoms with Crippen molar-refractivity contribution in [3.05, 3.63) is 64.4 Å². The molecule has 0 aliphatic rings. The number of nitrogens with zero attached hydrogens (tertiary/aromatic N) is 2. The van der Waals surface area contributed by atoms with Gasteiger partial charge < -0.3 is 10.6 Å². The molecule has 1 aromatic heterocycles. The van der Waals surface area contributed by atoms with E-state index in [0.29, 0.717) is 0 Å². The largest absolute Gasteiger partial charge is 0.324 e. The van der Waals surface area contributed by atoms with E-state index >= 15 is 0 Å². The Morgan fingerprint density at radius 2 is 2.00 bits per heavy atom. The van der Waals surface area contributed by atoms with Gasteiger partial charge in [0.2, 0.25) is 0 Å². The average Bonchev–Trinajstić information content (AvgIpc) is 2.46. The topological polar surface area (TPSA) is 42.1 Å². The minimum atomic E-state index is 0.0828. The summed E-state index contributed by atoms with van der Waals surface area (Å²) in [4.78, 5) is 6.41. The van der Waals surface area contributed by atoms with Crippen molar-refractivity contribution in [3.8, 4) is 0 Å². The predicted octanol–water partition coefficient (Wildman–Crippen LogP) is 3.37. The van der Waals surface area contributed by atoms with Crippen LogP contribution in [0.1, 0.15) is 23.6 Å². The summed E-state index contributed by atoms with van der Waals surface area (Å²) in [6, 6.07) is 12.4. The first-order valence-corrected chi connectivity index (χ1v) is 7.53. The van der Waals surface area contributed by atoms with Crippen molar-refractivity contribution in [1.82, 2.24) is 9.88 Å². The molecule has 0 spiro atoms. The van der Waals surface area contributed by atoms with Crippen molar-refractivity contribution in [1.29, 1.82) is 0 Å². The Hall–Kier alpha value is -1.23. The Bertz CT molecular complexity index is 513. The van der Waals surface area contributed by atoms with E-state index in [9.17, 15) is 0 Å². The number of halogens is 1. The summed E-state index contributed by atoms with van der Waals surface area (Å²) in [5, 5.41) is 0. The molecule has 0 saturated carbocycles. The highest BCUT2D eigenvalue weighted by molar-refractivity contribution is 9.10. The van der Waals surface area contributed by atoms with E-state index < -0.39 is 0 Å². The zero-order chi connectivity index (χ0) is 14.4. The minimum absolute atomic E-state index is 0.0828. The van der Waals surface area contributed by atoms with Gasteiger partial charge in [-0.3, -0.25) is 4.98 Å². The van der Waals surface area contributed by atoms with Gasteiger partial charge in [-0.15, -0.1) is 0 Å². The van der Waals surface area contributed by atoms with Crippen LogP contribution in [-0.4, -0.2) is 23.5 Å². The van der Waals surface area contributed by atoms with Crippen molar-refractivity contribution < 1.29 is 0 Å². The number of nitrogens with two attached hydrogens (primary N) is 1. The van der Waals surface area contributed by atoms with Crippen LogP contribution in [0.25, 0.3) is 0 Å². The van der Waals surface area contributed by atoms with Gasteiger partial charge in [0.15, 0.2) is 0 Å². The molecular weight excluding hydrogens is 314 g/mol. The molecule has 0 bridgehead atoms. The maximum atomic E-state index is 6.23. The van der Waals surface area contributed by atoms with Crippen LogP contribution >= 0.6 is 15.9 Å². The SMILES string of the molecule is CN(CCC(N)c1ccc(Br)cc1)Cc1cccnc1. The molecule has 4 heteroatoms. The van der Waals surface area contributed by atoms with Crippen LogP contribution in [0.2, 0.25) is 0 Å². The molecule has 3 nitrogen and oxygen atoms in total. The number of aromatic nitrogens is 1. The molecule has 0 fully saturated rings. The first kappa shape index (κ1) is 15.2. The van der Waals surface area contributed by atoms with Crippen molar-refractivity contribution in [2.75, 3.05) is 13.6 Å². The fourth-order valence-corrected chi connectivity index (χ4v) is 2.38. The molecule has 1 atom stereocenters. The molecule has 2 aromatic rings. The zero-order valence-electron chi connectivity index (χ0n) is 11.7. The fraction of sp³-hybridized carbons (Fsp3) is 0.312. The summed E-state index contributed by atoms with van der Waals surface area (Å²) in [7, 11) is 2.11. The highest BCUT2D eigenvalue weighted by Gasteiger charge is 2.08. The van der Waals surface area contributed by atoms with Crippen molar-refractivity contribution in [2.45, 2.75) is 19.0 Å². The molecule has 0 aliphatic carbocycles. The van der Waals surface area contributed by atoms with E-state index in [1.165, 1.54) is 11.1 Å². The third-order valence-corrected chi connectivity index (χ3v) is 3.82. The van der Waals surface area contributed by atoms with Gasteiger partial charge in [0.25, 0.3) is 0 Å². The number of hydrogen-bond acceptors (Lipinski definition) is 3. The molecule has 2 rings (SSSR count). The molecule has 1 aromatic carbocycles. The van der Waals surface area contributed by atoms with Gasteiger partial charge in [-0.05, 0) is 49.3 Å². The lowest BCUT2D eigenvalue weighted by atomic mass is 10.0. The Morgan fingerprint density at radius 3 is 2.65 bits per heavy atom. The third-order valence-electron chi connectivity index (χ3n) is 3.30. The molecule has 0 aliphatic heterocycles. The Balaban J connectivity index is 1.81. The van der Waals surface area contributed by atoms with Gasteiger partial charge in [-0.25, -0.2) is 0 Å². The van der Waals surface area contributed by atoms with Gasteiger partial charge in [0, 0.05) is 29.5 Å². The Kier molecular flexibility index (Phi) is 5.71. The standard InChI is InChI=1S/C16H20BrN3/c1-20(12-13-3-2-9-19-11-13)10-8-16(18)14-4-6-15(17)7-5-14/h2-7,9,11,16H,8,10,12,18H2,1H3. The van der Waals surface area contributed by atoms with Crippen molar-refractivity contribution in [2.24, 2.45) is 5.73 Å². The molecule has 20 heavy (non-hydrogen) atoms. The summed E-state index contributed by atoms with van der Waals surface area (Å²) in [6.07, 6.45) is 4.65. The molecule has 0 saturated heterocycles. The summed E-state index contributed by atoms with van der Waals surface area (Å²) in [5.41, 5.74) is 8.64. The maximum absolute atomic E-state index is 6.23. The smallest absolute Gasteiger partial charge is 0.0312 e. The van der Waals surface area contributed by atoms with Crippen molar-refractivity contribution >= 4 is 15.9 Å². The second-order valence-electron chi connectivity index (χ2n) is 5.05. The fourth-order valence-electron chi connectivity index (χ4n) is 2.12. The van der Waals surface area contributed by atoms with E-state index in [4.69, 9.17) is 5.73 Å². The van der Waals surface area contributed by atoms with Crippen molar-refractivity contribution in [3.63, 3.8) is 0 Å². The monoisotopic (exact) mass is 333 g/mol. The second-order valence-corrected chi connectivity index (χ2v) is 5.96. The first-order valence-electron chi connectivity index (χ1n) is 6.73. The van der Waals surface area contributed by atoms with Gasteiger partial charge >= 0.3 is 0 Å². The van der Waals surface area contributed by atoms with E-state index in [2.05, 4.69) is 51.1 Å². The summed E-state index contributed by atoms with van der Waals surface area (Å²) < 4.78 is 1.09. The lowest BCUT2D eigenvalue weighted by Crippen LogP contribution is -2.23. The maximum Gasteiger partial charge on any atom is 0.0312 e. The van der Waals surface area contributed by atoms with Gasteiger partial charge in [0.1, 0.15) is 0 Å². The highest BCUT2D eigenvalue weighted by Crippen LogP contribution is 2.18. The lowest BCUT2D eigenvalue weighted by molar-refractivity contribution is 0.311. The van der Waals surface area contributed by atoms with E-state index in [1.54, 1.807) is 6.20 Å². The first-order chi connectivity index (χ1) is 9.65. The number of benzene rings is 1. The summed E-state index contributed by atoms with van der Waals surface area (Å²) >= 11 is 3.44. The highest BCUT2D eigenvalue weighted by atomic mass is 79.9. The molecule has 0 amide bonds. The molecule has 2 N–H and O–H groups in total. The van der Waals surface area contributed by atoms with Crippen LogP contribution in [-0.2, 0) is 6.54 Å². The second kappa shape index (κ2) is 7.53. The minimum Gasteiger partial charge on any atom is -0.324 e. The van der Waals surface area contributed by atoms with Crippen LogP contribution < -0.4 is 5.73 Å². The third kappa shape index (κ3) is 4.71. The van der Waals surface area contributed by atoms with Crippen LogP contribution in [0.4, 0.5) is 0 Å². The van der Waals surface area contributed by atoms with Crippen LogP contribution in [0.15, 0.2) is 53.3 Å². The van der Waals surface area contributed by atoms with Crippen LogP contribution in [0, 0.1) is 0 Å². The Labute approximate surface area is 129 Å². The Morgan fingerprint density at radius 1 is 1.25 bits per heavy atom. The molecule has 106 valence electrons. The normalized spacial score (nSPS) is 12.6. The van der Waals surface area contributed by atoms with E-state index in [1.807, 2.05) is 24.4 Å². The number of pyridine rings is 1. The quantitative estimate of drug-likeness (QED) is 0.881. The average molecular weight is 334 g/mol. The lowest BCUT2D eigenvalue weighted by Gasteiger charge is -2.19. The van der Waals surface area contributed by atoms with Gasteiger partial charge in [0.05, 0.1) is 0 Å². The van der Waals surface area contributed by atoms with E-state index in [0.717, 1.165) is 24.0 Å². The van der Waals surface area contributed by atoms with Gasteiger partial charge in [-0.2, -0.15) is 0 Å². The van der Waals surface area contributed by atoms with Crippen LogP contribution in [0.3, 0.4) is 0 Å². The number of rotatable bonds is 6. The predicted molar refractivity (Wildman–Crippen MR) is 86.3 cm³/mol. The van der Waals surface area contributed by atoms with Gasteiger partial charge in [-0.1, -0.05) is 34.1 Å². The summed E-state index contributed by atoms with van der Waals surface area (Å²) in [6.45, 7) is 1.87. The molecule has 0 radical (unpaired) electrons. The molecule has 1 heterocycles. The molecule has 1 unspecified atom stereocenters. The number of hydrogen-bond donors (Lipinski definition) is 1. The zero-order valence-corrected chi connectivity index (χ0v) is 13.3.